The molecule has 0 aliphatic heterocycles. The summed E-state index contributed by atoms with van der Waals surface area (Å²) in [6.07, 6.45) is 2.35. The van der Waals surface area contributed by atoms with Gasteiger partial charge in [0.1, 0.15) is 22.8 Å². The Morgan fingerprint density at radius 2 is 1.92 bits per heavy atom. The Labute approximate surface area is 221 Å². The van der Waals surface area contributed by atoms with Crippen LogP contribution in [0.15, 0.2) is 48.5 Å². The van der Waals surface area contributed by atoms with Crippen LogP contribution in [0.4, 0.5) is 5.82 Å². The summed E-state index contributed by atoms with van der Waals surface area (Å²) in [5.74, 6) is -0.211. The average molecular weight is 522 g/mol. The van der Waals surface area contributed by atoms with E-state index in [1.165, 1.54) is 7.11 Å². The van der Waals surface area contributed by atoms with Gasteiger partial charge in [0.2, 0.25) is 0 Å². The maximum Gasteiger partial charge on any atom is 0.255 e. The Morgan fingerprint density at radius 3 is 2.61 bits per heavy atom. The molecule has 1 aliphatic carbocycles. The van der Waals surface area contributed by atoms with Gasteiger partial charge in [0.25, 0.3) is 11.8 Å². The number of hydrogen-bond acceptors (Lipinski definition) is 7. The molecule has 6 N–H and O–H groups in total. The molecular weight excluding hydrogens is 486 g/mol. The number of carbonyl (C=O) groups is 2. The van der Waals surface area contributed by atoms with Gasteiger partial charge in [0.05, 0.1) is 18.7 Å². The topological polar surface area (TPSA) is 155 Å². The van der Waals surface area contributed by atoms with Crippen LogP contribution in [0.5, 0.6) is 5.75 Å². The molecular formula is C28H35N5O5. The molecule has 3 atom stereocenters. The second kappa shape index (κ2) is 12.1. The highest BCUT2D eigenvalue weighted by Crippen LogP contribution is 2.38. The number of benzene rings is 2. The maximum absolute atomic E-state index is 12.6. The quantitative estimate of drug-likeness (QED) is 0.299. The number of amides is 2. The fourth-order valence-electron chi connectivity index (χ4n) is 5.05. The fraction of sp³-hybridized carbons (Fsp3) is 0.393. The number of aromatic nitrogens is 2. The summed E-state index contributed by atoms with van der Waals surface area (Å²) in [7, 11) is 1.52. The fourth-order valence-corrected chi connectivity index (χ4v) is 5.05. The van der Waals surface area contributed by atoms with Gasteiger partial charge >= 0.3 is 0 Å². The van der Waals surface area contributed by atoms with Crippen LogP contribution in [0.2, 0.25) is 0 Å². The number of nitrogen functional groups attached to an aromatic ring is 1. The van der Waals surface area contributed by atoms with Gasteiger partial charge in [-0.15, -0.1) is 0 Å². The first-order valence-electron chi connectivity index (χ1n) is 12.8. The predicted octanol–water partition coefficient (Wildman–Crippen LogP) is 3.26. The van der Waals surface area contributed by atoms with Crippen LogP contribution < -0.4 is 21.5 Å². The minimum Gasteiger partial charge on any atom is -0.496 e. The molecule has 202 valence electrons. The molecule has 1 saturated carbocycles. The molecule has 4 rings (SSSR count). The van der Waals surface area contributed by atoms with Gasteiger partial charge in [0.15, 0.2) is 6.29 Å². The van der Waals surface area contributed by atoms with Crippen LogP contribution in [-0.2, 0) is 11.3 Å². The van der Waals surface area contributed by atoms with Crippen molar-refractivity contribution in [3.8, 4) is 17.0 Å². The van der Waals surface area contributed by atoms with Gasteiger partial charge in [0, 0.05) is 24.6 Å². The molecule has 3 aromatic rings. The number of nitrogens with two attached hydrogens (primary N) is 2. The van der Waals surface area contributed by atoms with Crippen LogP contribution in [0, 0.1) is 5.92 Å². The molecule has 0 radical (unpaired) electrons. The van der Waals surface area contributed by atoms with E-state index >= 15 is 0 Å². The van der Waals surface area contributed by atoms with Crippen molar-refractivity contribution < 1.29 is 24.2 Å². The standard InChI is InChI=1S/C28H35N5O5/c1-3-38-28(36)19-7-6-8-20(15-19)33-25(29)23(26(30)34)24(32-33)18-13-11-17(12-14-18)16-31-27(35)21-9-4-5-10-22(21)37-2/h4-5,9-14,19-20,28,36H,3,6-8,15-16,29H2,1-2H3,(H2,30,34)(H,31,35). The van der Waals surface area contributed by atoms with Crippen LogP contribution in [0.25, 0.3) is 11.3 Å². The van der Waals surface area contributed by atoms with E-state index in [-0.39, 0.29) is 29.2 Å². The molecule has 0 bridgehead atoms. The molecule has 10 nitrogen and oxygen atoms in total. The van der Waals surface area contributed by atoms with Crippen molar-refractivity contribution in [3.63, 3.8) is 0 Å². The van der Waals surface area contributed by atoms with Crippen molar-refractivity contribution >= 4 is 17.6 Å². The van der Waals surface area contributed by atoms with Gasteiger partial charge in [-0.1, -0.05) is 42.8 Å². The zero-order valence-corrected chi connectivity index (χ0v) is 21.7. The number of rotatable bonds is 10. The maximum atomic E-state index is 12.6. The Hall–Kier alpha value is -3.89. The minimum absolute atomic E-state index is 0.0388. The van der Waals surface area contributed by atoms with Gasteiger partial charge < -0.3 is 31.4 Å². The number of anilines is 1. The van der Waals surface area contributed by atoms with Crippen molar-refractivity contribution in [2.45, 2.75) is 51.5 Å². The van der Waals surface area contributed by atoms with E-state index in [1.807, 2.05) is 31.2 Å². The molecule has 2 amide bonds. The molecule has 38 heavy (non-hydrogen) atoms. The molecule has 1 fully saturated rings. The van der Waals surface area contributed by atoms with Crippen molar-refractivity contribution in [3.05, 3.63) is 65.2 Å². The summed E-state index contributed by atoms with van der Waals surface area (Å²) >= 11 is 0. The van der Waals surface area contributed by atoms with E-state index < -0.39 is 12.2 Å². The van der Waals surface area contributed by atoms with Crippen molar-refractivity contribution in [1.29, 1.82) is 0 Å². The van der Waals surface area contributed by atoms with Gasteiger partial charge in [-0.25, -0.2) is 4.68 Å². The zero-order valence-electron chi connectivity index (χ0n) is 21.7. The monoisotopic (exact) mass is 521 g/mol. The van der Waals surface area contributed by atoms with E-state index in [2.05, 4.69) is 5.32 Å². The summed E-state index contributed by atoms with van der Waals surface area (Å²) in [6.45, 7) is 2.59. The van der Waals surface area contributed by atoms with E-state index in [1.54, 1.807) is 28.9 Å². The van der Waals surface area contributed by atoms with E-state index in [9.17, 15) is 14.7 Å². The summed E-state index contributed by atoms with van der Waals surface area (Å²) < 4.78 is 12.3. The lowest BCUT2D eigenvalue weighted by molar-refractivity contribution is -0.140. The number of carbonyl (C=O) groups excluding carboxylic acids is 2. The first-order chi connectivity index (χ1) is 18.3. The highest BCUT2D eigenvalue weighted by molar-refractivity contribution is 6.03. The van der Waals surface area contributed by atoms with Gasteiger partial charge in [-0.05, 0) is 43.9 Å². The average Bonchev–Trinajstić information content (AvgIpc) is 3.29. The van der Waals surface area contributed by atoms with Crippen molar-refractivity contribution in [2.75, 3.05) is 19.5 Å². The first kappa shape index (κ1) is 27.2. The lowest BCUT2D eigenvalue weighted by atomic mass is 9.85. The predicted molar refractivity (Wildman–Crippen MR) is 143 cm³/mol. The lowest BCUT2D eigenvalue weighted by Gasteiger charge is -2.32. The number of nitrogens with one attached hydrogen (secondary N) is 1. The number of aliphatic hydroxyl groups is 1. The number of methoxy groups -OCH3 is 1. The van der Waals surface area contributed by atoms with Crippen LogP contribution in [-0.4, -0.2) is 46.7 Å². The highest BCUT2D eigenvalue weighted by Gasteiger charge is 2.32. The van der Waals surface area contributed by atoms with Crippen LogP contribution in [0.3, 0.4) is 0 Å². The summed E-state index contributed by atoms with van der Waals surface area (Å²) in [5, 5.41) is 17.9. The third kappa shape index (κ3) is 5.81. The van der Waals surface area contributed by atoms with Crippen molar-refractivity contribution in [1.82, 2.24) is 15.1 Å². The lowest BCUT2D eigenvalue weighted by Crippen LogP contribution is -2.30. The summed E-state index contributed by atoms with van der Waals surface area (Å²) in [4.78, 5) is 25.0. The SMILES string of the molecule is CCOC(O)C1CCCC(n2nc(-c3ccc(CNC(=O)c4ccccc4OC)cc3)c(C(N)=O)c2N)C1. The normalized spacial score (nSPS) is 18.1. The third-order valence-electron chi connectivity index (χ3n) is 7.00. The minimum atomic E-state index is -0.842. The molecule has 0 spiro atoms. The zero-order chi connectivity index (χ0) is 27.2. The van der Waals surface area contributed by atoms with E-state index in [0.29, 0.717) is 42.1 Å². The number of ether oxygens (including phenoxy) is 2. The number of para-hydroxylation sites is 1. The smallest absolute Gasteiger partial charge is 0.255 e. The van der Waals surface area contributed by atoms with Gasteiger partial charge in [-0.3, -0.25) is 9.59 Å². The van der Waals surface area contributed by atoms with Crippen LogP contribution >= 0.6 is 0 Å². The molecule has 0 saturated heterocycles. The Bertz CT molecular complexity index is 1270. The molecule has 1 heterocycles. The Kier molecular flexibility index (Phi) is 8.65. The number of primary amides is 1. The first-order valence-corrected chi connectivity index (χ1v) is 12.8. The second-order valence-corrected chi connectivity index (χ2v) is 9.42. The van der Waals surface area contributed by atoms with E-state index in [4.69, 9.17) is 26.0 Å². The summed E-state index contributed by atoms with van der Waals surface area (Å²) in [5.41, 5.74) is 14.7. The summed E-state index contributed by atoms with van der Waals surface area (Å²) in [6, 6.07) is 14.3. The number of hydrogen-bond donors (Lipinski definition) is 4. The Balaban J connectivity index is 1.51. The molecule has 10 heteroatoms. The third-order valence-corrected chi connectivity index (χ3v) is 7.00. The molecule has 1 aliphatic rings. The molecule has 3 unspecified atom stereocenters. The molecule has 2 aromatic carbocycles. The number of aliphatic hydroxyl groups excluding tert-OH is 1. The van der Waals surface area contributed by atoms with Crippen LogP contribution in [0.1, 0.15) is 64.9 Å². The Morgan fingerprint density at radius 1 is 1.18 bits per heavy atom. The van der Waals surface area contributed by atoms with Gasteiger partial charge in [-0.2, -0.15) is 5.10 Å². The van der Waals surface area contributed by atoms with E-state index in [0.717, 1.165) is 24.8 Å². The largest absolute Gasteiger partial charge is 0.496 e. The highest BCUT2D eigenvalue weighted by atomic mass is 16.6. The molecule has 1 aromatic heterocycles. The second-order valence-electron chi connectivity index (χ2n) is 9.42. The number of nitrogens with zero attached hydrogens (tertiary/aromatic N) is 2. The van der Waals surface area contributed by atoms with Crippen molar-refractivity contribution in [2.24, 2.45) is 11.7 Å².